The van der Waals surface area contributed by atoms with Gasteiger partial charge in [0.05, 0.1) is 12.9 Å². The molecule has 0 aliphatic carbocycles. The third-order valence-corrected chi connectivity index (χ3v) is 4.15. The number of imidazole rings is 1. The molecule has 11 heteroatoms. The van der Waals surface area contributed by atoms with Crippen LogP contribution in [0.3, 0.4) is 0 Å². The van der Waals surface area contributed by atoms with Crippen LogP contribution >= 0.6 is 0 Å². The van der Waals surface area contributed by atoms with Crippen molar-refractivity contribution < 1.29 is 29.9 Å². The molecule has 0 saturated carbocycles. The lowest BCUT2D eigenvalue weighted by molar-refractivity contribution is -0.205. The second kappa shape index (κ2) is 5.65. The second-order valence-corrected chi connectivity index (χ2v) is 5.89. The Kier molecular flexibility index (Phi) is 4.02. The van der Waals surface area contributed by atoms with E-state index in [1.165, 1.54) is 17.8 Å². The summed E-state index contributed by atoms with van der Waals surface area (Å²) in [5.41, 5.74) is 4.03. The predicted octanol–water partition coefficient (Wildman–Crippen LogP) is -2.24. The van der Waals surface area contributed by atoms with E-state index in [-0.39, 0.29) is 24.1 Å². The molecule has 7 N–H and O–H groups in total. The minimum atomic E-state index is -2.07. The zero-order valence-corrected chi connectivity index (χ0v) is 13.2. The first-order valence-corrected chi connectivity index (χ1v) is 7.47. The number of anilines is 1. The molecule has 0 amide bonds. The van der Waals surface area contributed by atoms with Gasteiger partial charge in [-0.15, -0.1) is 0 Å². The van der Waals surface area contributed by atoms with Gasteiger partial charge in [-0.25, -0.2) is 4.98 Å². The number of aliphatic imine (C=N–C) groups is 1. The molecule has 1 fully saturated rings. The molecule has 3 heterocycles. The molecule has 24 heavy (non-hydrogen) atoms. The predicted molar refractivity (Wildman–Crippen MR) is 80.6 cm³/mol. The Labute approximate surface area is 137 Å². The summed E-state index contributed by atoms with van der Waals surface area (Å²) in [7, 11) is 0. The molecule has 5 atom stereocenters. The van der Waals surface area contributed by atoms with E-state index in [0.717, 1.165) is 0 Å². The monoisotopic (exact) mass is 343 g/mol. The van der Waals surface area contributed by atoms with Crippen LogP contribution in [0.5, 0.6) is 0 Å². The highest BCUT2D eigenvalue weighted by atomic mass is 16.6. The summed E-state index contributed by atoms with van der Waals surface area (Å²) >= 11 is 0. The van der Waals surface area contributed by atoms with E-state index in [4.69, 9.17) is 15.2 Å². The van der Waals surface area contributed by atoms with E-state index in [0.29, 0.717) is 0 Å². The van der Waals surface area contributed by atoms with Gasteiger partial charge in [-0.1, -0.05) is 0 Å². The zero-order chi connectivity index (χ0) is 17.7. The van der Waals surface area contributed by atoms with Crippen LogP contribution in [-0.2, 0) is 15.4 Å². The average Bonchev–Trinajstić information content (AvgIpc) is 3.00. The number of nitrogens with two attached hydrogens (primary N) is 1. The van der Waals surface area contributed by atoms with Crippen molar-refractivity contribution in [2.45, 2.75) is 43.8 Å². The summed E-state index contributed by atoms with van der Waals surface area (Å²) in [6.45, 7) is 2.74. The van der Waals surface area contributed by atoms with Gasteiger partial charge in [0, 0.05) is 6.61 Å². The van der Waals surface area contributed by atoms with Gasteiger partial charge in [-0.05, 0) is 13.8 Å². The number of ether oxygens (including phenoxy) is 2. The van der Waals surface area contributed by atoms with Crippen molar-refractivity contribution >= 4 is 11.8 Å². The third kappa shape index (κ3) is 2.37. The Bertz CT molecular complexity index is 661. The van der Waals surface area contributed by atoms with Crippen LogP contribution in [0.25, 0.3) is 0 Å². The first kappa shape index (κ1) is 17.1. The van der Waals surface area contributed by atoms with Gasteiger partial charge in [0.2, 0.25) is 0 Å². The van der Waals surface area contributed by atoms with Crippen molar-refractivity contribution in [2.75, 3.05) is 18.5 Å². The summed E-state index contributed by atoms with van der Waals surface area (Å²) in [6, 6.07) is 0. The number of aromatic nitrogens is 2. The van der Waals surface area contributed by atoms with Gasteiger partial charge in [0.15, 0.2) is 17.9 Å². The molecule has 0 spiro atoms. The van der Waals surface area contributed by atoms with Crippen molar-refractivity contribution in [3.05, 3.63) is 12.0 Å². The lowest BCUT2D eigenvalue weighted by Crippen LogP contribution is -2.45. The Morgan fingerprint density at radius 3 is 2.79 bits per heavy atom. The molecule has 11 nitrogen and oxygen atoms in total. The topological polar surface area (TPSA) is 168 Å². The molecule has 1 aromatic heterocycles. The lowest BCUT2D eigenvalue weighted by Gasteiger charge is -2.31. The van der Waals surface area contributed by atoms with Gasteiger partial charge in [0.25, 0.3) is 0 Å². The average molecular weight is 343 g/mol. The Morgan fingerprint density at radius 2 is 2.21 bits per heavy atom. The van der Waals surface area contributed by atoms with Gasteiger partial charge in [-0.2, -0.15) is 4.99 Å². The minimum Gasteiger partial charge on any atom is -0.394 e. The fourth-order valence-electron chi connectivity index (χ4n) is 2.96. The molecule has 0 radical (unpaired) electrons. The van der Waals surface area contributed by atoms with Crippen molar-refractivity contribution in [3.63, 3.8) is 0 Å². The third-order valence-electron chi connectivity index (χ3n) is 4.15. The van der Waals surface area contributed by atoms with Gasteiger partial charge in [-0.3, -0.25) is 4.57 Å². The standard InChI is InChI=1S/C13H21N5O6/c1-3-23-13(22)7-9(16-11(14)17-13)18(5-15-7)10-12(2,21)8(20)6(4-19)24-10/h5-6,8,10,19-22H,3-4H2,1-2H3,(H3,14,16,17)/t6-,8-,10-,12-,13?/m1/s1. The van der Waals surface area contributed by atoms with Gasteiger partial charge in [0.1, 0.15) is 23.6 Å². The number of nitrogens with zero attached hydrogens (tertiary/aromatic N) is 3. The fourth-order valence-corrected chi connectivity index (χ4v) is 2.96. The maximum absolute atomic E-state index is 10.6. The highest BCUT2D eigenvalue weighted by Crippen LogP contribution is 2.42. The van der Waals surface area contributed by atoms with E-state index < -0.39 is 36.6 Å². The van der Waals surface area contributed by atoms with Crippen molar-refractivity contribution in [2.24, 2.45) is 10.7 Å². The number of guanidine groups is 1. The maximum Gasteiger partial charge on any atom is 0.320 e. The first-order valence-electron chi connectivity index (χ1n) is 7.47. The van der Waals surface area contributed by atoms with Crippen molar-refractivity contribution in [1.82, 2.24) is 9.55 Å². The summed E-state index contributed by atoms with van der Waals surface area (Å²) in [6.07, 6.45) is -2.07. The van der Waals surface area contributed by atoms with E-state index in [9.17, 15) is 20.4 Å². The molecule has 1 unspecified atom stereocenters. The molecular formula is C13H21N5O6. The minimum absolute atomic E-state index is 0.0416. The molecule has 0 aromatic carbocycles. The first-order chi connectivity index (χ1) is 11.2. The van der Waals surface area contributed by atoms with Crippen LogP contribution in [0, 0.1) is 0 Å². The highest BCUT2D eigenvalue weighted by Gasteiger charge is 2.54. The number of aliphatic hydroxyl groups excluding tert-OH is 2. The van der Waals surface area contributed by atoms with Gasteiger partial charge < -0.3 is 41.0 Å². The summed E-state index contributed by atoms with van der Waals surface area (Å²) in [4.78, 5) is 7.89. The van der Waals surface area contributed by atoms with Crippen LogP contribution in [0.15, 0.2) is 11.3 Å². The van der Waals surface area contributed by atoms with Crippen LogP contribution in [0.1, 0.15) is 25.8 Å². The molecule has 3 rings (SSSR count). The van der Waals surface area contributed by atoms with E-state index >= 15 is 0 Å². The lowest BCUT2D eigenvalue weighted by atomic mass is 9.96. The molecule has 1 aromatic rings. The van der Waals surface area contributed by atoms with Gasteiger partial charge >= 0.3 is 5.91 Å². The Balaban J connectivity index is 2.03. The van der Waals surface area contributed by atoms with Crippen molar-refractivity contribution in [3.8, 4) is 0 Å². The molecule has 2 aliphatic heterocycles. The molecule has 134 valence electrons. The molecule has 0 bridgehead atoms. The number of fused-ring (bicyclic) bond motifs is 1. The Hall–Kier alpha value is -1.76. The number of rotatable bonds is 4. The Morgan fingerprint density at radius 1 is 1.50 bits per heavy atom. The molecule has 2 aliphatic rings. The summed E-state index contributed by atoms with van der Waals surface area (Å²) in [5.74, 6) is -1.98. The van der Waals surface area contributed by atoms with E-state index in [1.807, 2.05) is 0 Å². The largest absolute Gasteiger partial charge is 0.394 e. The highest BCUT2D eigenvalue weighted by molar-refractivity contribution is 5.94. The van der Waals surface area contributed by atoms with Crippen LogP contribution in [-0.4, -0.2) is 67.0 Å². The summed E-state index contributed by atoms with van der Waals surface area (Å²) < 4.78 is 12.1. The molecular weight excluding hydrogens is 322 g/mol. The second-order valence-electron chi connectivity index (χ2n) is 5.89. The van der Waals surface area contributed by atoms with E-state index in [1.54, 1.807) is 6.92 Å². The maximum atomic E-state index is 10.6. The molecule has 1 saturated heterocycles. The number of hydrogen-bond donors (Lipinski definition) is 6. The van der Waals surface area contributed by atoms with E-state index in [2.05, 4.69) is 15.3 Å². The number of nitrogens with one attached hydrogen (secondary N) is 1. The van der Waals surface area contributed by atoms with Crippen LogP contribution in [0.2, 0.25) is 0 Å². The van der Waals surface area contributed by atoms with Crippen molar-refractivity contribution in [1.29, 1.82) is 0 Å². The number of aliphatic hydroxyl groups is 4. The smallest absolute Gasteiger partial charge is 0.320 e. The normalized spacial score (nSPS) is 38.6. The number of hydrogen-bond acceptors (Lipinski definition) is 10. The quantitative estimate of drug-likeness (QED) is 0.331. The van der Waals surface area contributed by atoms with Crippen LogP contribution in [0.4, 0.5) is 5.82 Å². The van der Waals surface area contributed by atoms with Crippen LogP contribution < -0.4 is 11.1 Å². The SMILES string of the molecule is CCOC1(O)N=C(N)Nc2c1ncn2[C@@H]1O[C@H](CO)[C@@H](O)[C@@]1(C)O. The summed E-state index contributed by atoms with van der Waals surface area (Å²) in [5, 5.41) is 43.2. The fraction of sp³-hybridized carbons (Fsp3) is 0.692. The zero-order valence-electron chi connectivity index (χ0n) is 13.2.